The molecule has 0 saturated heterocycles. The first-order chi connectivity index (χ1) is 11.2. The lowest BCUT2D eigenvalue weighted by Crippen LogP contribution is -2.36. The molecule has 0 bridgehead atoms. The van der Waals surface area contributed by atoms with Crippen molar-refractivity contribution >= 4 is 6.03 Å². The van der Waals surface area contributed by atoms with Crippen LogP contribution in [0.2, 0.25) is 0 Å². The lowest BCUT2D eigenvalue weighted by atomic mass is 10.3. The molecule has 7 heteroatoms. The molecule has 2 rings (SSSR count). The maximum absolute atomic E-state index is 13.1. The zero-order valence-corrected chi connectivity index (χ0v) is 12.7. The van der Waals surface area contributed by atoms with Crippen LogP contribution in [0.25, 0.3) is 0 Å². The van der Waals surface area contributed by atoms with Crippen LogP contribution in [-0.4, -0.2) is 31.3 Å². The van der Waals surface area contributed by atoms with E-state index in [1.807, 2.05) is 0 Å². The van der Waals surface area contributed by atoms with E-state index >= 15 is 0 Å². The van der Waals surface area contributed by atoms with Crippen molar-refractivity contribution in [3.05, 3.63) is 54.0 Å². The van der Waals surface area contributed by atoms with E-state index in [-0.39, 0.29) is 11.8 Å². The molecular weight excluding hydrogens is 301 g/mol. The summed E-state index contributed by atoms with van der Waals surface area (Å²) in [5.74, 6) is 0.354. The number of nitrogens with one attached hydrogen (secondary N) is 2. The largest absolute Gasteiger partial charge is 0.439 e. The number of amides is 2. The minimum Gasteiger partial charge on any atom is -0.439 e. The van der Waals surface area contributed by atoms with E-state index in [2.05, 4.69) is 15.6 Å². The lowest BCUT2D eigenvalue weighted by molar-refractivity contribution is 0.196. The molecule has 6 nitrogen and oxygen atoms in total. The maximum Gasteiger partial charge on any atom is 0.315 e. The molecule has 122 valence electrons. The number of carbonyl (C=O) groups is 1. The van der Waals surface area contributed by atoms with Crippen molar-refractivity contribution in [3.8, 4) is 11.6 Å². The van der Waals surface area contributed by atoms with Crippen molar-refractivity contribution in [1.82, 2.24) is 15.6 Å². The Bertz CT molecular complexity index is 635. The quantitative estimate of drug-likeness (QED) is 0.769. The topological polar surface area (TPSA) is 72.5 Å². The van der Waals surface area contributed by atoms with Crippen LogP contribution < -0.4 is 15.4 Å². The predicted octanol–water partition coefficient (Wildman–Crippen LogP) is 2.46. The van der Waals surface area contributed by atoms with Crippen LogP contribution >= 0.6 is 0 Å². The van der Waals surface area contributed by atoms with E-state index in [9.17, 15) is 9.18 Å². The first kappa shape index (κ1) is 16.7. The molecule has 0 aliphatic heterocycles. The van der Waals surface area contributed by atoms with Gasteiger partial charge >= 0.3 is 6.03 Å². The van der Waals surface area contributed by atoms with Crippen molar-refractivity contribution < 1.29 is 18.7 Å². The molecule has 0 atom stereocenters. The van der Waals surface area contributed by atoms with Crippen molar-refractivity contribution in [1.29, 1.82) is 0 Å². The molecule has 0 fully saturated rings. The molecular formula is C16H18FN3O3. The van der Waals surface area contributed by atoms with Gasteiger partial charge in [0.25, 0.3) is 0 Å². The number of urea groups is 1. The Morgan fingerprint density at radius 1 is 1.26 bits per heavy atom. The molecule has 0 aliphatic carbocycles. The highest BCUT2D eigenvalue weighted by Crippen LogP contribution is 2.19. The van der Waals surface area contributed by atoms with Gasteiger partial charge in [-0.15, -0.1) is 0 Å². The second kappa shape index (κ2) is 8.70. The molecule has 0 unspecified atom stereocenters. The first-order valence-electron chi connectivity index (χ1n) is 7.06. The fraction of sp³-hybridized carbons (Fsp3) is 0.250. The average Bonchev–Trinajstić information content (AvgIpc) is 2.54. The molecule has 0 spiro atoms. The van der Waals surface area contributed by atoms with Gasteiger partial charge in [-0.1, -0.05) is 12.1 Å². The fourth-order valence-corrected chi connectivity index (χ4v) is 1.74. The fourth-order valence-electron chi connectivity index (χ4n) is 1.74. The molecule has 2 aromatic rings. The third kappa shape index (κ3) is 5.91. The van der Waals surface area contributed by atoms with E-state index in [0.29, 0.717) is 31.3 Å². The summed E-state index contributed by atoms with van der Waals surface area (Å²) in [6.45, 7) is 1.24. The molecule has 1 aromatic carbocycles. The number of ether oxygens (including phenoxy) is 2. The molecule has 2 N–H and O–H groups in total. The highest BCUT2D eigenvalue weighted by molar-refractivity contribution is 5.73. The van der Waals surface area contributed by atoms with E-state index in [4.69, 9.17) is 9.47 Å². The normalized spacial score (nSPS) is 10.2. The van der Waals surface area contributed by atoms with Gasteiger partial charge in [0.2, 0.25) is 5.88 Å². The second-order valence-electron chi connectivity index (χ2n) is 4.67. The van der Waals surface area contributed by atoms with Crippen LogP contribution in [0.4, 0.5) is 9.18 Å². The average molecular weight is 319 g/mol. The molecule has 0 aliphatic rings. The molecule has 1 heterocycles. The van der Waals surface area contributed by atoms with Gasteiger partial charge in [0.15, 0.2) is 0 Å². The minimum absolute atomic E-state index is 0.276. The number of halogens is 1. The van der Waals surface area contributed by atoms with Crippen LogP contribution in [0.5, 0.6) is 11.6 Å². The standard InChI is InChI=1S/C16H18FN3O3/c1-22-8-7-18-16(21)20-11-12-5-6-15(19-10-12)23-14-4-2-3-13(17)9-14/h2-6,9-10H,7-8,11H2,1H3,(H2,18,20,21). The highest BCUT2D eigenvalue weighted by atomic mass is 19.1. The summed E-state index contributed by atoms with van der Waals surface area (Å²) in [7, 11) is 1.57. The van der Waals surface area contributed by atoms with Crippen LogP contribution in [0.15, 0.2) is 42.6 Å². The van der Waals surface area contributed by atoms with Crippen LogP contribution in [0.1, 0.15) is 5.56 Å². The monoisotopic (exact) mass is 319 g/mol. The van der Waals surface area contributed by atoms with Gasteiger partial charge in [0.1, 0.15) is 11.6 Å². The number of rotatable bonds is 7. The Labute approximate surface area is 133 Å². The van der Waals surface area contributed by atoms with Crippen molar-refractivity contribution in [2.24, 2.45) is 0 Å². The highest BCUT2D eigenvalue weighted by Gasteiger charge is 2.03. The Hall–Kier alpha value is -2.67. The van der Waals surface area contributed by atoms with Crippen LogP contribution in [0.3, 0.4) is 0 Å². The number of hydrogen-bond acceptors (Lipinski definition) is 4. The SMILES string of the molecule is COCCNC(=O)NCc1ccc(Oc2cccc(F)c2)nc1. The number of benzene rings is 1. The molecule has 0 radical (unpaired) electrons. The Morgan fingerprint density at radius 2 is 2.13 bits per heavy atom. The molecule has 2 amide bonds. The first-order valence-corrected chi connectivity index (χ1v) is 7.06. The summed E-state index contributed by atoms with van der Waals surface area (Å²) in [5, 5.41) is 5.35. The van der Waals surface area contributed by atoms with E-state index in [0.717, 1.165) is 5.56 Å². The van der Waals surface area contributed by atoms with Gasteiger partial charge in [0.05, 0.1) is 6.61 Å². The van der Waals surface area contributed by atoms with E-state index in [1.54, 1.807) is 37.6 Å². The Morgan fingerprint density at radius 3 is 2.83 bits per heavy atom. The molecule has 23 heavy (non-hydrogen) atoms. The van der Waals surface area contributed by atoms with Crippen LogP contribution in [0, 0.1) is 5.82 Å². The zero-order valence-electron chi connectivity index (χ0n) is 12.7. The lowest BCUT2D eigenvalue weighted by Gasteiger charge is -2.08. The van der Waals surface area contributed by atoms with E-state index < -0.39 is 0 Å². The van der Waals surface area contributed by atoms with Gasteiger partial charge in [-0.3, -0.25) is 0 Å². The summed E-state index contributed by atoms with van der Waals surface area (Å²) in [5.41, 5.74) is 0.818. The Kier molecular flexibility index (Phi) is 6.31. The molecule has 1 aromatic heterocycles. The summed E-state index contributed by atoms with van der Waals surface area (Å²) < 4.78 is 23.3. The number of carbonyl (C=O) groups excluding carboxylic acids is 1. The summed E-state index contributed by atoms with van der Waals surface area (Å²) >= 11 is 0. The van der Waals surface area contributed by atoms with Gasteiger partial charge in [0, 0.05) is 38.5 Å². The predicted molar refractivity (Wildman–Crippen MR) is 82.8 cm³/mol. The van der Waals surface area contributed by atoms with Crippen molar-refractivity contribution in [2.45, 2.75) is 6.54 Å². The third-order valence-corrected chi connectivity index (χ3v) is 2.86. The van der Waals surface area contributed by atoms with Crippen LogP contribution in [-0.2, 0) is 11.3 Å². The number of pyridine rings is 1. The minimum atomic E-state index is -0.372. The number of aromatic nitrogens is 1. The second-order valence-corrected chi connectivity index (χ2v) is 4.67. The van der Waals surface area contributed by atoms with Gasteiger partial charge in [-0.25, -0.2) is 14.2 Å². The summed E-state index contributed by atoms with van der Waals surface area (Å²) in [6.07, 6.45) is 1.59. The number of methoxy groups -OCH3 is 1. The zero-order chi connectivity index (χ0) is 16.5. The van der Waals surface area contributed by atoms with Crippen molar-refractivity contribution in [2.75, 3.05) is 20.3 Å². The van der Waals surface area contributed by atoms with Gasteiger partial charge in [-0.05, 0) is 17.7 Å². The number of hydrogen-bond donors (Lipinski definition) is 2. The Balaban J connectivity index is 1.81. The summed E-state index contributed by atoms with van der Waals surface area (Å²) in [6, 6.07) is 8.98. The van der Waals surface area contributed by atoms with Gasteiger partial charge < -0.3 is 20.1 Å². The smallest absolute Gasteiger partial charge is 0.315 e. The maximum atomic E-state index is 13.1. The van der Waals surface area contributed by atoms with Gasteiger partial charge in [-0.2, -0.15) is 0 Å². The van der Waals surface area contributed by atoms with Crippen molar-refractivity contribution in [3.63, 3.8) is 0 Å². The molecule has 0 saturated carbocycles. The number of nitrogens with zero attached hydrogens (tertiary/aromatic N) is 1. The van der Waals surface area contributed by atoms with E-state index in [1.165, 1.54) is 12.1 Å². The summed E-state index contributed by atoms with van der Waals surface area (Å²) in [4.78, 5) is 15.6. The third-order valence-electron chi connectivity index (χ3n) is 2.86.